The predicted molar refractivity (Wildman–Crippen MR) is 173 cm³/mol. The van der Waals surface area contributed by atoms with Crippen LogP contribution in [0.25, 0.3) is 0 Å². The molecule has 0 aliphatic carbocycles. The van der Waals surface area contributed by atoms with Crippen molar-refractivity contribution in [1.82, 2.24) is 10.6 Å². The molecule has 0 saturated heterocycles. The van der Waals surface area contributed by atoms with Gasteiger partial charge in [0.25, 0.3) is 0 Å². The van der Waals surface area contributed by atoms with Crippen molar-refractivity contribution < 1.29 is 45.0 Å². The van der Waals surface area contributed by atoms with Crippen molar-refractivity contribution in [2.45, 2.75) is 36.9 Å². The first-order valence-corrected chi connectivity index (χ1v) is 15.1. The summed E-state index contributed by atoms with van der Waals surface area (Å²) in [5.74, 6) is -5.77. The minimum absolute atomic E-state index is 0.0186. The summed E-state index contributed by atoms with van der Waals surface area (Å²) < 4.78 is 5.47. The maximum absolute atomic E-state index is 12.8. The van der Waals surface area contributed by atoms with Crippen LogP contribution in [-0.4, -0.2) is 80.3 Å². The number of hydrogen-bond acceptors (Lipinski definition) is 11. The van der Waals surface area contributed by atoms with E-state index < -0.39 is 35.6 Å². The van der Waals surface area contributed by atoms with E-state index in [2.05, 4.69) is 10.6 Å². The molecule has 0 radical (unpaired) electrons. The maximum Gasteiger partial charge on any atom is 0.226 e. The predicted octanol–water partition coefficient (Wildman–Crippen LogP) is 1.78. The fraction of sp³-hybridized carbons (Fsp3) is 0.278. The highest BCUT2D eigenvalue weighted by atomic mass is 16.5. The third-order valence-electron chi connectivity index (χ3n) is 7.50. The van der Waals surface area contributed by atoms with Crippen LogP contribution >= 0.6 is 0 Å². The van der Waals surface area contributed by atoms with Crippen molar-refractivity contribution in [1.29, 1.82) is 0 Å². The first-order chi connectivity index (χ1) is 22.5. The summed E-state index contributed by atoms with van der Waals surface area (Å²) in [6.45, 7) is 0.124. The molecule has 248 valence electrons. The molecular formula is C36H40N2O9. The number of carbonyl (C=O) groups excluding carboxylic acids is 2. The molecule has 4 aromatic carbocycles. The Morgan fingerprint density at radius 3 is 1.28 bits per heavy atom. The summed E-state index contributed by atoms with van der Waals surface area (Å²) in [5.41, 5.74) is 1.92. The van der Waals surface area contributed by atoms with Crippen LogP contribution in [0.2, 0.25) is 0 Å². The monoisotopic (exact) mass is 644 g/mol. The smallest absolute Gasteiger partial charge is 0.226 e. The summed E-state index contributed by atoms with van der Waals surface area (Å²) in [6, 6.07) is 29.6. The molecule has 8 N–H and O–H groups in total. The number of carbonyl (C=O) groups is 2. The van der Waals surface area contributed by atoms with Gasteiger partial charge in [0.2, 0.25) is 11.8 Å². The van der Waals surface area contributed by atoms with Crippen molar-refractivity contribution in [3.8, 4) is 0 Å². The highest BCUT2D eigenvalue weighted by molar-refractivity contribution is 6.00. The molecule has 0 aliphatic rings. The van der Waals surface area contributed by atoms with Gasteiger partial charge in [0.1, 0.15) is 12.2 Å². The van der Waals surface area contributed by atoms with E-state index in [9.17, 15) is 40.2 Å². The second kappa shape index (κ2) is 16.6. The van der Waals surface area contributed by atoms with Crippen LogP contribution in [0.5, 0.6) is 0 Å². The summed E-state index contributed by atoms with van der Waals surface area (Å²) in [7, 11) is 0. The van der Waals surface area contributed by atoms with Gasteiger partial charge in [-0.3, -0.25) is 20.2 Å². The molecule has 0 fully saturated rings. The Hall–Kier alpha value is -4.14. The van der Waals surface area contributed by atoms with E-state index in [1.807, 2.05) is 0 Å². The third kappa shape index (κ3) is 10.4. The Kier molecular flexibility index (Phi) is 12.6. The lowest BCUT2D eigenvalue weighted by molar-refractivity contribution is -0.187. The molecule has 0 bridgehead atoms. The highest BCUT2D eigenvalue weighted by Crippen LogP contribution is 2.26. The Bertz CT molecular complexity index is 1480. The Morgan fingerprint density at radius 2 is 0.894 bits per heavy atom. The first-order valence-electron chi connectivity index (χ1n) is 15.1. The lowest BCUT2D eigenvalue weighted by Crippen LogP contribution is -2.49. The van der Waals surface area contributed by atoms with Crippen molar-refractivity contribution >= 4 is 11.6 Å². The molecule has 4 rings (SSSR count). The molecule has 0 aromatic heterocycles. The lowest BCUT2D eigenvalue weighted by Gasteiger charge is -2.26. The Morgan fingerprint density at radius 1 is 0.553 bits per heavy atom. The van der Waals surface area contributed by atoms with Gasteiger partial charge in [0, 0.05) is 37.1 Å². The molecule has 0 spiro atoms. The van der Waals surface area contributed by atoms with E-state index in [1.165, 1.54) is 0 Å². The van der Waals surface area contributed by atoms with Crippen LogP contribution in [0.1, 0.15) is 55.2 Å². The van der Waals surface area contributed by atoms with Crippen LogP contribution in [-0.2, 0) is 17.6 Å². The van der Waals surface area contributed by atoms with E-state index in [0.29, 0.717) is 22.3 Å². The zero-order valence-electron chi connectivity index (χ0n) is 25.7. The zero-order valence-corrected chi connectivity index (χ0v) is 25.7. The van der Waals surface area contributed by atoms with Crippen molar-refractivity contribution in [3.05, 3.63) is 143 Å². The third-order valence-corrected chi connectivity index (χ3v) is 7.50. The molecule has 11 nitrogen and oxygen atoms in total. The number of ether oxygens (including phenoxy) is 1. The first kappa shape index (κ1) is 35.7. The summed E-state index contributed by atoms with van der Waals surface area (Å²) >= 11 is 0. The van der Waals surface area contributed by atoms with Crippen LogP contribution in [0.4, 0.5) is 0 Å². The van der Waals surface area contributed by atoms with E-state index in [0.717, 1.165) is 0 Å². The van der Waals surface area contributed by atoms with Gasteiger partial charge in [-0.1, -0.05) is 109 Å². The second-order valence-electron chi connectivity index (χ2n) is 11.1. The zero-order chi connectivity index (χ0) is 33.9. The van der Waals surface area contributed by atoms with E-state index in [-0.39, 0.29) is 50.3 Å². The minimum Gasteiger partial charge on any atom is -0.380 e. The average Bonchev–Trinajstić information content (AvgIpc) is 3.07. The van der Waals surface area contributed by atoms with Crippen molar-refractivity contribution in [3.63, 3.8) is 0 Å². The van der Waals surface area contributed by atoms with Gasteiger partial charge in [0.05, 0.1) is 13.2 Å². The molecule has 47 heavy (non-hydrogen) atoms. The summed E-state index contributed by atoms with van der Waals surface area (Å²) in [5, 5.41) is 68.8. The molecule has 2 unspecified atom stereocenters. The average molecular weight is 645 g/mol. The van der Waals surface area contributed by atoms with Gasteiger partial charge in [-0.2, -0.15) is 0 Å². The van der Waals surface area contributed by atoms with Crippen LogP contribution in [0, 0.1) is 0 Å². The number of ketones is 2. The molecular weight excluding hydrogens is 604 g/mol. The standard InChI is InChI=1S/C36H40N2O9/c39-31(25-11-3-1-4-12-25)33(41)29-17-9-7-15-27(29)23-35(43,44)37-19-21-47-22-20-38-36(45,46)24-28-16-8-10-18-30(28)34(42)32(40)26-13-5-2-6-14-26/h1-18,33-34,37-38,41-46H,19-24H2. The molecule has 0 heterocycles. The molecule has 2 atom stereocenters. The molecule has 11 heteroatoms. The summed E-state index contributed by atoms with van der Waals surface area (Å²) in [6.07, 6.45) is -3.62. The Labute approximate surface area is 272 Å². The van der Waals surface area contributed by atoms with Gasteiger partial charge < -0.3 is 35.4 Å². The number of benzene rings is 4. The van der Waals surface area contributed by atoms with Gasteiger partial charge in [-0.15, -0.1) is 0 Å². The number of hydrogen-bond donors (Lipinski definition) is 8. The molecule has 0 aliphatic heterocycles. The fourth-order valence-electron chi connectivity index (χ4n) is 5.13. The second-order valence-corrected chi connectivity index (χ2v) is 11.1. The SMILES string of the molecule is O=C(c1ccccc1)C(O)c1ccccc1CC(O)(O)NCCOCCNC(O)(O)Cc1ccccc1C(O)C(=O)c1ccccc1. The van der Waals surface area contributed by atoms with E-state index in [1.54, 1.807) is 109 Å². The quantitative estimate of drug-likeness (QED) is 0.0448. The van der Waals surface area contributed by atoms with Gasteiger partial charge >= 0.3 is 0 Å². The van der Waals surface area contributed by atoms with Gasteiger partial charge in [0.15, 0.2) is 11.6 Å². The van der Waals surface area contributed by atoms with Crippen molar-refractivity contribution in [2.24, 2.45) is 0 Å². The number of aliphatic hydroxyl groups is 6. The Balaban J connectivity index is 1.21. The number of Topliss-reactive ketones (excluding diaryl/α,β-unsaturated/α-hetero) is 2. The molecule has 0 saturated carbocycles. The largest absolute Gasteiger partial charge is 0.380 e. The summed E-state index contributed by atoms with van der Waals surface area (Å²) in [4.78, 5) is 25.5. The minimum atomic E-state index is -2.38. The maximum atomic E-state index is 12.8. The van der Waals surface area contributed by atoms with Crippen molar-refractivity contribution in [2.75, 3.05) is 26.3 Å². The fourth-order valence-corrected chi connectivity index (χ4v) is 5.13. The van der Waals surface area contributed by atoms with Gasteiger partial charge in [-0.05, 0) is 22.3 Å². The molecule has 0 amide bonds. The number of nitrogens with one attached hydrogen (secondary N) is 2. The molecule has 4 aromatic rings. The van der Waals surface area contributed by atoms with Crippen LogP contribution < -0.4 is 10.6 Å². The number of rotatable bonds is 18. The normalized spacial score (nSPS) is 13.2. The number of aliphatic hydroxyl groups excluding tert-OH is 2. The van der Waals surface area contributed by atoms with Crippen LogP contribution in [0.15, 0.2) is 109 Å². The lowest BCUT2D eigenvalue weighted by atomic mass is 9.93. The van der Waals surface area contributed by atoms with Gasteiger partial charge in [-0.25, -0.2) is 0 Å². The van der Waals surface area contributed by atoms with E-state index in [4.69, 9.17) is 4.74 Å². The van der Waals surface area contributed by atoms with E-state index >= 15 is 0 Å². The van der Waals surface area contributed by atoms with Crippen LogP contribution in [0.3, 0.4) is 0 Å². The highest BCUT2D eigenvalue weighted by Gasteiger charge is 2.29. The topological polar surface area (TPSA) is 189 Å².